The molecule has 0 spiro atoms. The largest absolute Gasteiger partial charge is 0.115 e. The van der Waals surface area contributed by atoms with Crippen LogP contribution in [0.25, 0.3) is 22.3 Å². The molecule has 0 heterocycles. The molecular weight excluding hydrogens is 456 g/mol. The highest BCUT2D eigenvalue weighted by atomic mass is 14.5. The number of hydrogen-bond donors (Lipinski definition) is 0. The van der Waals surface area contributed by atoms with Gasteiger partial charge in [0.2, 0.25) is 0 Å². The molecule has 4 aromatic rings. The van der Waals surface area contributed by atoms with Crippen LogP contribution < -0.4 is 0 Å². The van der Waals surface area contributed by atoms with Crippen LogP contribution in [0.15, 0.2) is 109 Å². The molecule has 4 aromatic carbocycles. The topological polar surface area (TPSA) is 0 Å². The zero-order valence-corrected chi connectivity index (χ0v) is 22.1. The molecule has 0 aromatic heterocycles. The van der Waals surface area contributed by atoms with Crippen molar-refractivity contribution in [2.75, 3.05) is 0 Å². The zero-order valence-electron chi connectivity index (χ0n) is 22.1. The van der Waals surface area contributed by atoms with Crippen LogP contribution in [0.4, 0.5) is 0 Å². The first kappa shape index (κ1) is 25.6. The fourth-order valence-corrected chi connectivity index (χ4v) is 6.94. The molecule has 0 N–H and O–H groups in total. The second-order valence-electron chi connectivity index (χ2n) is 11.0. The highest BCUT2D eigenvalue weighted by Crippen LogP contribution is 2.53. The summed E-state index contributed by atoms with van der Waals surface area (Å²) in [6.45, 7) is 0. The molecule has 4 fully saturated rings. The van der Waals surface area contributed by atoms with Gasteiger partial charge in [0.15, 0.2) is 0 Å². The lowest BCUT2D eigenvalue weighted by Crippen LogP contribution is -2.38. The summed E-state index contributed by atoms with van der Waals surface area (Å²) in [4.78, 5) is 0. The van der Waals surface area contributed by atoms with Gasteiger partial charge in [0.1, 0.15) is 0 Å². The van der Waals surface area contributed by atoms with E-state index in [0.29, 0.717) is 0 Å². The Morgan fingerprint density at radius 1 is 0.395 bits per heavy atom. The van der Waals surface area contributed by atoms with Crippen LogP contribution in [-0.2, 0) is 0 Å². The van der Waals surface area contributed by atoms with E-state index in [-0.39, 0.29) is 0 Å². The number of rotatable bonds is 2. The summed E-state index contributed by atoms with van der Waals surface area (Å²) >= 11 is 0. The minimum atomic E-state index is 0.943. The van der Waals surface area contributed by atoms with Crippen molar-refractivity contribution in [1.29, 1.82) is 0 Å². The molecule has 0 saturated heterocycles. The highest BCUT2D eigenvalue weighted by molar-refractivity contribution is 5.71. The SMILES string of the molecule is C#Cc1ccccc1-c1ccccc1.C#Cc1ccccc1-c1ccccc1.C1C2CC3CC1CC(C2)C3. The van der Waals surface area contributed by atoms with Crippen LogP contribution >= 0.6 is 0 Å². The summed E-state index contributed by atoms with van der Waals surface area (Å²) in [5.74, 6) is 10.1. The maximum absolute atomic E-state index is 5.44. The molecule has 0 radical (unpaired) electrons. The molecule has 0 heteroatoms. The van der Waals surface area contributed by atoms with Gasteiger partial charge in [0.25, 0.3) is 0 Å². The molecule has 38 heavy (non-hydrogen) atoms. The van der Waals surface area contributed by atoms with Gasteiger partial charge in [-0.25, -0.2) is 0 Å². The van der Waals surface area contributed by atoms with Crippen molar-refractivity contribution in [3.8, 4) is 46.9 Å². The Labute approximate surface area is 229 Å². The van der Waals surface area contributed by atoms with Crippen LogP contribution in [0, 0.1) is 48.4 Å². The van der Waals surface area contributed by atoms with Crippen LogP contribution in [0.2, 0.25) is 0 Å². The smallest absolute Gasteiger partial charge is 0.0321 e. The molecule has 0 amide bonds. The predicted octanol–water partition coefficient (Wildman–Crippen LogP) is 9.50. The van der Waals surface area contributed by atoms with Crippen molar-refractivity contribution in [3.05, 3.63) is 120 Å². The zero-order chi connectivity index (χ0) is 26.2. The number of terminal acetylenes is 2. The van der Waals surface area contributed by atoms with Gasteiger partial charge in [-0.3, -0.25) is 0 Å². The van der Waals surface area contributed by atoms with Crippen molar-refractivity contribution in [2.24, 2.45) is 23.7 Å². The van der Waals surface area contributed by atoms with Crippen LogP contribution in [0.1, 0.15) is 49.7 Å². The monoisotopic (exact) mass is 492 g/mol. The van der Waals surface area contributed by atoms with Gasteiger partial charge in [-0.15, -0.1) is 12.8 Å². The van der Waals surface area contributed by atoms with Crippen molar-refractivity contribution in [3.63, 3.8) is 0 Å². The predicted molar refractivity (Wildman–Crippen MR) is 161 cm³/mol. The van der Waals surface area contributed by atoms with Crippen LogP contribution in [-0.4, -0.2) is 0 Å². The van der Waals surface area contributed by atoms with Gasteiger partial charge in [-0.05, 0) is 96.6 Å². The molecule has 0 aliphatic heterocycles. The van der Waals surface area contributed by atoms with E-state index in [4.69, 9.17) is 12.8 Å². The summed E-state index contributed by atoms with van der Waals surface area (Å²) in [6, 6.07) is 36.3. The van der Waals surface area contributed by atoms with Gasteiger partial charge in [-0.2, -0.15) is 0 Å². The fourth-order valence-electron chi connectivity index (χ4n) is 6.94. The highest BCUT2D eigenvalue weighted by Gasteiger charge is 2.41. The summed E-state index contributed by atoms with van der Waals surface area (Å²) in [7, 11) is 0. The lowest BCUT2D eigenvalue weighted by atomic mass is 9.56. The summed E-state index contributed by atoms with van der Waals surface area (Å²) in [6.07, 6.45) is 20.5. The van der Waals surface area contributed by atoms with Gasteiger partial charge >= 0.3 is 0 Å². The maximum atomic E-state index is 5.44. The van der Waals surface area contributed by atoms with E-state index >= 15 is 0 Å². The van der Waals surface area contributed by atoms with E-state index in [1.165, 1.54) is 34.8 Å². The van der Waals surface area contributed by atoms with E-state index in [2.05, 4.69) is 36.1 Å². The van der Waals surface area contributed by atoms with Gasteiger partial charge in [0.05, 0.1) is 0 Å². The molecule has 0 unspecified atom stereocenters. The lowest BCUT2D eigenvalue weighted by molar-refractivity contribution is 0.0198. The van der Waals surface area contributed by atoms with Crippen molar-refractivity contribution < 1.29 is 0 Å². The first-order valence-corrected chi connectivity index (χ1v) is 14.0. The fraction of sp³-hybridized carbons (Fsp3) is 0.263. The lowest BCUT2D eigenvalue weighted by Gasteiger charge is -2.49. The third kappa shape index (κ3) is 6.28. The standard InChI is InChI=1S/2C14H10.C10H16/c2*1-2-12-8-6-7-11-14(12)13-9-4-3-5-10-13;1-7-2-9-4-8(1)5-10(3-7)6-9/h2*1,3-11H;7-10H,1-6H2. The normalized spacial score (nSPS) is 22.1. The second kappa shape index (κ2) is 12.5. The minimum Gasteiger partial charge on any atom is -0.115 e. The van der Waals surface area contributed by atoms with Gasteiger partial charge in [0, 0.05) is 11.1 Å². The molecule has 4 bridgehead atoms. The molecule has 0 atom stereocenters. The molecule has 4 saturated carbocycles. The van der Waals surface area contributed by atoms with E-state index in [1.807, 2.05) is 84.9 Å². The van der Waals surface area contributed by atoms with E-state index in [0.717, 1.165) is 22.3 Å². The number of hydrogen-bond acceptors (Lipinski definition) is 0. The van der Waals surface area contributed by atoms with Gasteiger partial charge in [-0.1, -0.05) is 109 Å². The first-order chi connectivity index (χ1) is 18.7. The third-order valence-corrected chi connectivity index (χ3v) is 8.33. The molecule has 0 nitrogen and oxygen atoms in total. The Morgan fingerprint density at radius 2 is 0.684 bits per heavy atom. The Bertz CT molecular complexity index is 1250. The van der Waals surface area contributed by atoms with E-state index < -0.39 is 0 Å². The Kier molecular flexibility index (Phi) is 8.43. The molecule has 8 rings (SSSR count). The minimum absolute atomic E-state index is 0.943. The quantitative estimate of drug-likeness (QED) is 0.244. The third-order valence-electron chi connectivity index (χ3n) is 8.33. The Hall–Kier alpha value is -4.00. The van der Waals surface area contributed by atoms with Crippen molar-refractivity contribution in [1.82, 2.24) is 0 Å². The molecule has 4 aliphatic carbocycles. The Balaban J connectivity index is 0.000000117. The van der Waals surface area contributed by atoms with Gasteiger partial charge < -0.3 is 0 Å². The van der Waals surface area contributed by atoms with Crippen LogP contribution in [0.5, 0.6) is 0 Å². The molecule has 188 valence electrons. The summed E-state index contributed by atoms with van der Waals surface area (Å²) < 4.78 is 0. The number of benzene rings is 4. The van der Waals surface area contributed by atoms with E-state index in [9.17, 15) is 0 Å². The van der Waals surface area contributed by atoms with Crippen LogP contribution in [0.3, 0.4) is 0 Å². The average Bonchev–Trinajstić information content (AvgIpc) is 2.98. The van der Waals surface area contributed by atoms with Crippen molar-refractivity contribution >= 4 is 0 Å². The Morgan fingerprint density at radius 3 is 1.00 bits per heavy atom. The summed E-state index contributed by atoms with van der Waals surface area (Å²) in [5.41, 5.74) is 6.46. The summed E-state index contributed by atoms with van der Waals surface area (Å²) in [5, 5.41) is 0. The second-order valence-corrected chi connectivity index (χ2v) is 11.0. The maximum Gasteiger partial charge on any atom is 0.0321 e. The molecule has 4 aliphatic rings. The molecular formula is C38H36. The first-order valence-electron chi connectivity index (χ1n) is 14.0. The average molecular weight is 493 g/mol. The van der Waals surface area contributed by atoms with Crippen molar-refractivity contribution in [2.45, 2.75) is 38.5 Å². The van der Waals surface area contributed by atoms with E-state index in [1.54, 1.807) is 38.5 Å².